The molecule has 3 N–H and O–H groups in total. The molecular formula is C20H13F4N5O3S. The van der Waals surface area contributed by atoms with E-state index in [1.165, 1.54) is 13.2 Å². The molecule has 0 radical (unpaired) electrons. The molecule has 13 heteroatoms. The molecule has 0 bridgehead atoms. The van der Waals surface area contributed by atoms with Crippen LogP contribution in [0.25, 0.3) is 22.2 Å². The third-order valence-corrected chi connectivity index (χ3v) is 6.14. The molecule has 2 aromatic carbocycles. The van der Waals surface area contributed by atoms with E-state index >= 15 is 4.39 Å². The highest BCUT2D eigenvalue weighted by Crippen LogP contribution is 2.31. The van der Waals surface area contributed by atoms with Crippen molar-refractivity contribution < 1.29 is 26.0 Å². The van der Waals surface area contributed by atoms with E-state index in [1.54, 1.807) is 4.72 Å². The lowest BCUT2D eigenvalue weighted by molar-refractivity contribution is 0.554. The van der Waals surface area contributed by atoms with Gasteiger partial charge in [-0.2, -0.15) is 4.98 Å². The van der Waals surface area contributed by atoms with Crippen molar-refractivity contribution in [3.63, 3.8) is 0 Å². The molecule has 170 valence electrons. The number of nitrogens with zero attached hydrogens (tertiary/aromatic N) is 3. The fourth-order valence-corrected chi connectivity index (χ4v) is 4.35. The van der Waals surface area contributed by atoms with Crippen LogP contribution in [0.1, 0.15) is 0 Å². The van der Waals surface area contributed by atoms with Crippen LogP contribution in [-0.4, -0.2) is 23.0 Å². The van der Waals surface area contributed by atoms with Crippen LogP contribution in [0.2, 0.25) is 0 Å². The van der Waals surface area contributed by atoms with Crippen molar-refractivity contribution in [3.8, 4) is 11.1 Å². The number of halogens is 4. The monoisotopic (exact) mass is 479 g/mol. The number of sulfonamides is 1. The van der Waals surface area contributed by atoms with Gasteiger partial charge in [0, 0.05) is 18.6 Å². The van der Waals surface area contributed by atoms with Gasteiger partial charge in [0.05, 0.1) is 16.8 Å². The molecule has 2 heterocycles. The van der Waals surface area contributed by atoms with Gasteiger partial charge in [-0.1, -0.05) is 0 Å². The highest BCUT2D eigenvalue weighted by molar-refractivity contribution is 7.92. The molecule has 8 nitrogen and oxygen atoms in total. The highest BCUT2D eigenvalue weighted by atomic mass is 32.2. The van der Waals surface area contributed by atoms with Crippen molar-refractivity contribution in [2.24, 2.45) is 7.05 Å². The molecule has 0 fully saturated rings. The first kappa shape index (κ1) is 22.2. The van der Waals surface area contributed by atoms with Crippen LogP contribution in [0.4, 0.5) is 29.2 Å². The number of nitrogens with two attached hydrogens (primary N) is 1. The number of rotatable bonds is 4. The second-order valence-corrected chi connectivity index (χ2v) is 8.54. The number of anilines is 2. The van der Waals surface area contributed by atoms with E-state index in [4.69, 9.17) is 5.73 Å². The minimum atomic E-state index is -4.80. The molecule has 0 aliphatic carbocycles. The van der Waals surface area contributed by atoms with Crippen LogP contribution < -0.4 is 16.0 Å². The molecule has 2 aromatic heterocycles. The molecule has 0 atom stereocenters. The summed E-state index contributed by atoms with van der Waals surface area (Å²) in [5, 5.41) is 0.230. The average molecular weight is 479 g/mol. The molecule has 4 aromatic rings. The molecule has 0 aliphatic rings. The summed E-state index contributed by atoms with van der Waals surface area (Å²) < 4.78 is 85.1. The minimum absolute atomic E-state index is 0.107. The van der Waals surface area contributed by atoms with Crippen molar-refractivity contribution in [1.82, 2.24) is 14.5 Å². The first-order chi connectivity index (χ1) is 15.5. The summed E-state index contributed by atoms with van der Waals surface area (Å²) in [7, 11) is -3.50. The van der Waals surface area contributed by atoms with Crippen LogP contribution >= 0.6 is 0 Å². The summed E-state index contributed by atoms with van der Waals surface area (Å²) in [6.07, 6.45) is 1.25. The Balaban J connectivity index is 1.88. The van der Waals surface area contributed by atoms with Crippen LogP contribution in [0, 0.1) is 23.3 Å². The first-order valence-corrected chi connectivity index (χ1v) is 10.6. The number of pyridine rings is 1. The minimum Gasteiger partial charge on any atom is -0.368 e. The zero-order valence-corrected chi connectivity index (χ0v) is 17.4. The normalized spacial score (nSPS) is 11.7. The quantitative estimate of drug-likeness (QED) is 0.435. The predicted octanol–water partition coefficient (Wildman–Crippen LogP) is 2.93. The predicted molar refractivity (Wildman–Crippen MR) is 112 cm³/mol. The SMILES string of the molecule is Cn1c(=O)c(-c2c(F)ccc(NS(=O)(=O)c3cc(F)ccc3F)c2F)cc2cnc(N)nc21. The van der Waals surface area contributed by atoms with Gasteiger partial charge in [0.1, 0.15) is 28.0 Å². The number of aromatic nitrogens is 3. The zero-order chi connectivity index (χ0) is 24.1. The molecule has 4 rings (SSSR count). The van der Waals surface area contributed by atoms with E-state index in [-0.39, 0.29) is 17.0 Å². The third-order valence-electron chi connectivity index (χ3n) is 4.75. The van der Waals surface area contributed by atoms with Gasteiger partial charge in [0.25, 0.3) is 15.6 Å². The molecule has 0 unspecified atom stereocenters. The fourth-order valence-electron chi connectivity index (χ4n) is 3.20. The van der Waals surface area contributed by atoms with E-state index < -0.39 is 60.6 Å². The maximum absolute atomic E-state index is 15.3. The lowest BCUT2D eigenvalue weighted by atomic mass is 10.0. The second-order valence-electron chi connectivity index (χ2n) is 6.89. The maximum atomic E-state index is 15.3. The number of benzene rings is 2. The fraction of sp³-hybridized carbons (Fsp3) is 0.0500. The van der Waals surface area contributed by atoms with Gasteiger partial charge in [-0.3, -0.25) is 14.1 Å². The molecule has 0 saturated carbocycles. The van der Waals surface area contributed by atoms with Crippen LogP contribution in [0.5, 0.6) is 0 Å². The van der Waals surface area contributed by atoms with E-state index in [0.29, 0.717) is 18.2 Å². The van der Waals surface area contributed by atoms with E-state index in [1.807, 2.05) is 0 Å². The second kappa shape index (κ2) is 7.85. The molecule has 0 saturated heterocycles. The Morgan fingerprint density at radius 2 is 1.73 bits per heavy atom. The van der Waals surface area contributed by atoms with Crippen molar-refractivity contribution in [1.29, 1.82) is 0 Å². The van der Waals surface area contributed by atoms with Crippen molar-refractivity contribution in [2.45, 2.75) is 4.90 Å². The third kappa shape index (κ3) is 3.86. The van der Waals surface area contributed by atoms with Gasteiger partial charge >= 0.3 is 0 Å². The first-order valence-electron chi connectivity index (χ1n) is 9.08. The van der Waals surface area contributed by atoms with Gasteiger partial charge < -0.3 is 5.73 Å². The maximum Gasteiger partial charge on any atom is 0.265 e. The number of aryl methyl sites for hydroxylation is 1. The number of fused-ring (bicyclic) bond motifs is 1. The highest BCUT2D eigenvalue weighted by Gasteiger charge is 2.25. The standard InChI is InChI=1S/C20H13F4N5O3S/c1-29-18-9(8-26-20(25)27-18)6-11(19(29)30)16-13(23)4-5-14(17(16)24)28-33(31,32)15-7-10(21)2-3-12(15)22/h2-8,28H,1H3,(H2,25,26,27). The van der Waals surface area contributed by atoms with Gasteiger partial charge in [-0.05, 0) is 36.4 Å². The van der Waals surface area contributed by atoms with Gasteiger partial charge in [0.15, 0.2) is 5.82 Å². The molecule has 33 heavy (non-hydrogen) atoms. The molecule has 0 spiro atoms. The van der Waals surface area contributed by atoms with Crippen molar-refractivity contribution in [3.05, 3.63) is 76.2 Å². The number of nitrogens with one attached hydrogen (secondary N) is 1. The smallest absolute Gasteiger partial charge is 0.265 e. The Labute approximate surface area is 183 Å². The summed E-state index contributed by atoms with van der Waals surface area (Å²) in [4.78, 5) is 19.4. The summed E-state index contributed by atoms with van der Waals surface area (Å²) in [6.45, 7) is 0. The van der Waals surface area contributed by atoms with Gasteiger partial charge in [0.2, 0.25) is 5.95 Å². The Bertz CT molecular complexity index is 1610. The summed E-state index contributed by atoms with van der Waals surface area (Å²) >= 11 is 0. The zero-order valence-electron chi connectivity index (χ0n) is 16.6. The van der Waals surface area contributed by atoms with Crippen LogP contribution in [-0.2, 0) is 17.1 Å². The van der Waals surface area contributed by atoms with Gasteiger partial charge in [-0.15, -0.1) is 0 Å². The molecule has 0 amide bonds. The Kier molecular flexibility index (Phi) is 5.28. The Morgan fingerprint density at radius 1 is 1.03 bits per heavy atom. The van der Waals surface area contributed by atoms with E-state index in [9.17, 15) is 26.4 Å². The van der Waals surface area contributed by atoms with E-state index in [0.717, 1.165) is 22.8 Å². The van der Waals surface area contributed by atoms with Crippen molar-refractivity contribution in [2.75, 3.05) is 10.5 Å². The van der Waals surface area contributed by atoms with E-state index in [2.05, 4.69) is 9.97 Å². The number of hydrogen-bond acceptors (Lipinski definition) is 6. The molecular weight excluding hydrogens is 466 g/mol. The lowest BCUT2D eigenvalue weighted by Crippen LogP contribution is -2.21. The lowest BCUT2D eigenvalue weighted by Gasteiger charge is -2.14. The Morgan fingerprint density at radius 3 is 2.45 bits per heavy atom. The number of hydrogen-bond donors (Lipinski definition) is 2. The largest absolute Gasteiger partial charge is 0.368 e. The Hall–Kier alpha value is -4.00. The van der Waals surface area contributed by atoms with Crippen LogP contribution in [0.15, 0.2) is 52.3 Å². The van der Waals surface area contributed by atoms with Gasteiger partial charge in [-0.25, -0.2) is 31.0 Å². The molecule has 0 aliphatic heterocycles. The van der Waals surface area contributed by atoms with Crippen molar-refractivity contribution >= 4 is 32.7 Å². The average Bonchev–Trinajstić information content (AvgIpc) is 2.75. The summed E-state index contributed by atoms with van der Waals surface area (Å²) in [5.41, 5.74) is 2.69. The number of nitrogen functional groups attached to an aromatic ring is 1. The topological polar surface area (TPSA) is 120 Å². The van der Waals surface area contributed by atoms with Crippen LogP contribution in [0.3, 0.4) is 0 Å². The summed E-state index contributed by atoms with van der Waals surface area (Å²) in [5.74, 6) is -5.05. The summed E-state index contributed by atoms with van der Waals surface area (Å²) in [6, 6.07) is 4.30.